The van der Waals surface area contributed by atoms with Crippen LogP contribution in [-0.2, 0) is 0 Å². The predicted molar refractivity (Wildman–Crippen MR) is 75.6 cm³/mol. The van der Waals surface area contributed by atoms with E-state index in [-0.39, 0.29) is 5.82 Å². The highest BCUT2D eigenvalue weighted by atomic mass is 19.1. The Morgan fingerprint density at radius 3 is 2.80 bits per heavy atom. The van der Waals surface area contributed by atoms with Crippen LogP contribution in [0.1, 0.15) is 18.9 Å². The number of hydrogen-bond donors (Lipinski definition) is 1. The molecule has 1 saturated carbocycles. The smallest absolute Gasteiger partial charge is 0.160 e. The molecule has 0 amide bonds. The van der Waals surface area contributed by atoms with E-state index in [1.54, 1.807) is 18.3 Å². The second-order valence-corrected chi connectivity index (χ2v) is 5.09. The van der Waals surface area contributed by atoms with Crippen molar-refractivity contribution in [3.63, 3.8) is 0 Å². The second kappa shape index (κ2) is 4.03. The average molecular weight is 268 g/mol. The molecular formula is C15H13FN4. The summed E-state index contributed by atoms with van der Waals surface area (Å²) in [5.41, 5.74) is 8.30. The van der Waals surface area contributed by atoms with E-state index in [9.17, 15) is 4.39 Å². The van der Waals surface area contributed by atoms with E-state index in [1.165, 1.54) is 6.07 Å². The Kier molecular flexibility index (Phi) is 2.30. The summed E-state index contributed by atoms with van der Waals surface area (Å²) >= 11 is 0. The Morgan fingerprint density at radius 2 is 2.05 bits per heavy atom. The number of pyridine rings is 1. The van der Waals surface area contributed by atoms with Gasteiger partial charge in [0.2, 0.25) is 0 Å². The highest BCUT2D eigenvalue weighted by molar-refractivity contribution is 5.81. The van der Waals surface area contributed by atoms with Crippen LogP contribution in [0.4, 0.5) is 10.1 Å². The van der Waals surface area contributed by atoms with Gasteiger partial charge in [-0.2, -0.15) is 0 Å². The summed E-state index contributed by atoms with van der Waals surface area (Å²) in [6.07, 6.45) is 3.88. The number of halogens is 1. The van der Waals surface area contributed by atoms with Gasteiger partial charge in [0.05, 0.1) is 5.56 Å². The molecule has 0 radical (unpaired) electrons. The Hall–Kier alpha value is -2.43. The standard InChI is InChI=1S/C15H13FN4/c16-10-3-1-4-11(17)13(10)15-19-12-5-2-8-18-14(12)20(15)9-6-7-9/h1-5,8-9H,6-7,17H2. The van der Waals surface area contributed by atoms with Crippen molar-refractivity contribution >= 4 is 16.9 Å². The minimum absolute atomic E-state index is 0.345. The first-order valence-corrected chi connectivity index (χ1v) is 6.63. The SMILES string of the molecule is Nc1cccc(F)c1-c1nc2cccnc2n1C1CC1. The van der Waals surface area contributed by atoms with Crippen molar-refractivity contribution in [1.82, 2.24) is 14.5 Å². The second-order valence-electron chi connectivity index (χ2n) is 5.09. The molecule has 1 aromatic carbocycles. The number of nitrogens with two attached hydrogens (primary N) is 1. The van der Waals surface area contributed by atoms with E-state index >= 15 is 0 Å². The molecule has 0 spiro atoms. The van der Waals surface area contributed by atoms with Crippen LogP contribution in [0.25, 0.3) is 22.6 Å². The number of aromatic nitrogens is 3. The Morgan fingerprint density at radius 1 is 1.20 bits per heavy atom. The molecule has 0 saturated heterocycles. The van der Waals surface area contributed by atoms with E-state index in [4.69, 9.17) is 5.73 Å². The predicted octanol–water partition coefficient (Wildman–Crippen LogP) is 3.15. The van der Waals surface area contributed by atoms with Crippen LogP contribution in [0.3, 0.4) is 0 Å². The molecule has 2 aromatic heterocycles. The van der Waals surface area contributed by atoms with E-state index in [0.29, 0.717) is 23.1 Å². The van der Waals surface area contributed by atoms with Gasteiger partial charge in [-0.1, -0.05) is 6.07 Å². The first kappa shape index (κ1) is 11.4. The molecule has 4 nitrogen and oxygen atoms in total. The fourth-order valence-corrected chi connectivity index (χ4v) is 2.56. The monoisotopic (exact) mass is 268 g/mol. The van der Waals surface area contributed by atoms with Gasteiger partial charge in [0.15, 0.2) is 5.65 Å². The third-order valence-corrected chi connectivity index (χ3v) is 3.63. The summed E-state index contributed by atoms with van der Waals surface area (Å²) in [5, 5.41) is 0. The summed E-state index contributed by atoms with van der Waals surface area (Å²) in [5.74, 6) is 0.235. The van der Waals surface area contributed by atoms with Gasteiger partial charge >= 0.3 is 0 Å². The molecule has 1 fully saturated rings. The van der Waals surface area contributed by atoms with Gasteiger partial charge < -0.3 is 10.3 Å². The number of imidazole rings is 1. The van der Waals surface area contributed by atoms with Gasteiger partial charge in [-0.15, -0.1) is 0 Å². The summed E-state index contributed by atoms with van der Waals surface area (Å²) in [7, 11) is 0. The van der Waals surface area contributed by atoms with Crippen molar-refractivity contribution in [2.24, 2.45) is 0 Å². The van der Waals surface area contributed by atoms with Crippen molar-refractivity contribution in [3.05, 3.63) is 42.3 Å². The zero-order valence-electron chi connectivity index (χ0n) is 10.8. The van der Waals surface area contributed by atoms with Crippen molar-refractivity contribution in [3.8, 4) is 11.4 Å². The summed E-state index contributed by atoms with van der Waals surface area (Å²) < 4.78 is 16.2. The van der Waals surface area contributed by atoms with E-state index in [0.717, 1.165) is 24.0 Å². The van der Waals surface area contributed by atoms with Gasteiger partial charge in [-0.3, -0.25) is 0 Å². The highest BCUT2D eigenvalue weighted by Gasteiger charge is 2.30. The molecule has 0 bridgehead atoms. The molecule has 0 aliphatic heterocycles. The quantitative estimate of drug-likeness (QED) is 0.726. The zero-order chi connectivity index (χ0) is 13.7. The maximum absolute atomic E-state index is 14.2. The van der Waals surface area contributed by atoms with E-state index < -0.39 is 0 Å². The maximum Gasteiger partial charge on any atom is 0.160 e. The number of anilines is 1. The molecule has 1 aliphatic carbocycles. The van der Waals surface area contributed by atoms with Crippen molar-refractivity contribution in [2.45, 2.75) is 18.9 Å². The highest BCUT2D eigenvalue weighted by Crippen LogP contribution is 2.42. The van der Waals surface area contributed by atoms with Gasteiger partial charge in [0, 0.05) is 17.9 Å². The summed E-state index contributed by atoms with van der Waals surface area (Å²) in [4.78, 5) is 8.93. The lowest BCUT2D eigenvalue weighted by Crippen LogP contribution is -2.02. The zero-order valence-corrected chi connectivity index (χ0v) is 10.8. The van der Waals surface area contributed by atoms with E-state index in [1.807, 2.05) is 16.7 Å². The molecule has 0 atom stereocenters. The van der Waals surface area contributed by atoms with E-state index in [2.05, 4.69) is 9.97 Å². The van der Waals surface area contributed by atoms with Crippen LogP contribution in [0, 0.1) is 5.82 Å². The van der Waals surface area contributed by atoms with Crippen LogP contribution < -0.4 is 5.73 Å². The first-order chi connectivity index (χ1) is 9.75. The Balaban J connectivity index is 2.07. The number of fused-ring (bicyclic) bond motifs is 1. The average Bonchev–Trinajstić information content (AvgIpc) is 3.19. The molecule has 3 aromatic rings. The van der Waals surface area contributed by atoms with Crippen molar-refractivity contribution in [2.75, 3.05) is 5.73 Å². The Bertz CT molecular complexity index is 784. The maximum atomic E-state index is 14.2. The lowest BCUT2D eigenvalue weighted by molar-refractivity contribution is 0.628. The first-order valence-electron chi connectivity index (χ1n) is 6.63. The van der Waals surface area contributed by atoms with Gasteiger partial charge in [-0.25, -0.2) is 14.4 Å². The minimum Gasteiger partial charge on any atom is -0.398 e. The third kappa shape index (κ3) is 1.59. The minimum atomic E-state index is -0.345. The van der Waals surface area contributed by atoms with Crippen molar-refractivity contribution in [1.29, 1.82) is 0 Å². The van der Waals surface area contributed by atoms with Crippen molar-refractivity contribution < 1.29 is 4.39 Å². The molecule has 2 N–H and O–H groups in total. The third-order valence-electron chi connectivity index (χ3n) is 3.63. The topological polar surface area (TPSA) is 56.7 Å². The van der Waals surface area contributed by atoms with Crippen LogP contribution in [0.15, 0.2) is 36.5 Å². The number of nitrogen functional groups attached to an aromatic ring is 1. The summed E-state index contributed by atoms with van der Waals surface area (Å²) in [6.45, 7) is 0. The number of hydrogen-bond acceptors (Lipinski definition) is 3. The number of benzene rings is 1. The molecule has 2 heterocycles. The van der Waals surface area contributed by atoms with Gasteiger partial charge in [0.25, 0.3) is 0 Å². The molecule has 5 heteroatoms. The largest absolute Gasteiger partial charge is 0.398 e. The molecule has 1 aliphatic rings. The van der Waals surface area contributed by atoms with Gasteiger partial charge in [-0.05, 0) is 37.1 Å². The van der Waals surface area contributed by atoms with Crippen LogP contribution >= 0.6 is 0 Å². The molecule has 20 heavy (non-hydrogen) atoms. The number of rotatable bonds is 2. The van der Waals surface area contributed by atoms with Crippen LogP contribution in [0.2, 0.25) is 0 Å². The molecular weight excluding hydrogens is 255 g/mol. The van der Waals surface area contributed by atoms with Gasteiger partial charge in [0.1, 0.15) is 17.2 Å². The summed E-state index contributed by atoms with van der Waals surface area (Å²) in [6, 6.07) is 8.79. The fourth-order valence-electron chi connectivity index (χ4n) is 2.56. The molecule has 100 valence electrons. The molecule has 0 unspecified atom stereocenters. The van der Waals surface area contributed by atoms with Crippen LogP contribution in [0.5, 0.6) is 0 Å². The normalized spacial score (nSPS) is 14.8. The number of nitrogens with zero attached hydrogens (tertiary/aromatic N) is 3. The lowest BCUT2D eigenvalue weighted by atomic mass is 10.1. The van der Waals surface area contributed by atoms with Crippen LogP contribution in [-0.4, -0.2) is 14.5 Å². The fraction of sp³-hybridized carbons (Fsp3) is 0.200. The Labute approximate surface area is 115 Å². The lowest BCUT2D eigenvalue weighted by Gasteiger charge is -2.09. The molecule has 4 rings (SSSR count).